The van der Waals surface area contributed by atoms with Crippen LogP contribution in [0.25, 0.3) is 0 Å². The smallest absolute Gasteiger partial charge is 0.407 e. The Bertz CT molecular complexity index is 616. The zero-order valence-corrected chi connectivity index (χ0v) is 12.3. The van der Waals surface area contributed by atoms with Gasteiger partial charge in [-0.2, -0.15) is 5.26 Å². The monoisotopic (exact) mass is 288 g/mol. The molecule has 1 amide bonds. The Balaban J connectivity index is 2.50. The summed E-state index contributed by atoms with van der Waals surface area (Å²) in [5, 5.41) is 11.4. The van der Waals surface area contributed by atoms with Gasteiger partial charge in [-0.25, -0.2) is 9.18 Å². The summed E-state index contributed by atoms with van der Waals surface area (Å²) in [5.41, 5.74) is 0.123. The fourth-order valence-corrected chi connectivity index (χ4v) is 1.42. The van der Waals surface area contributed by atoms with Gasteiger partial charge in [0.15, 0.2) is 0 Å². The van der Waals surface area contributed by atoms with Gasteiger partial charge in [0.2, 0.25) is 0 Å². The molecule has 0 aliphatic carbocycles. The second-order valence-corrected chi connectivity index (χ2v) is 5.28. The van der Waals surface area contributed by atoms with Gasteiger partial charge in [-0.05, 0) is 39.0 Å². The van der Waals surface area contributed by atoms with Crippen LogP contribution in [0, 0.1) is 29.0 Å². The molecule has 21 heavy (non-hydrogen) atoms. The second kappa shape index (κ2) is 7.31. The molecule has 0 aliphatic rings. The molecule has 1 rings (SSSR count). The van der Waals surface area contributed by atoms with Gasteiger partial charge >= 0.3 is 6.09 Å². The SMILES string of the molecule is CC(C)(C)OC(=O)NCCC#Cc1cc(F)ccc1C#N. The summed E-state index contributed by atoms with van der Waals surface area (Å²) in [4.78, 5) is 11.4. The lowest BCUT2D eigenvalue weighted by Gasteiger charge is -2.19. The molecule has 1 aromatic rings. The number of hydrogen-bond donors (Lipinski definition) is 1. The van der Waals surface area contributed by atoms with E-state index in [4.69, 9.17) is 10.00 Å². The Morgan fingerprint density at radius 3 is 2.71 bits per heavy atom. The number of benzene rings is 1. The van der Waals surface area contributed by atoms with Crippen molar-refractivity contribution < 1.29 is 13.9 Å². The number of alkyl carbamates (subject to hydrolysis) is 1. The molecule has 5 heteroatoms. The van der Waals surface area contributed by atoms with Crippen LogP contribution in [0.2, 0.25) is 0 Å². The minimum Gasteiger partial charge on any atom is -0.444 e. The quantitative estimate of drug-likeness (QED) is 0.672. The first kappa shape index (κ1) is 16.5. The maximum Gasteiger partial charge on any atom is 0.407 e. The van der Waals surface area contributed by atoms with Gasteiger partial charge in [-0.3, -0.25) is 0 Å². The molecule has 0 aromatic heterocycles. The molecule has 110 valence electrons. The molecule has 0 aliphatic heterocycles. The van der Waals surface area contributed by atoms with Crippen LogP contribution < -0.4 is 5.32 Å². The molecule has 0 unspecified atom stereocenters. The van der Waals surface area contributed by atoms with E-state index in [9.17, 15) is 9.18 Å². The Morgan fingerprint density at radius 1 is 1.38 bits per heavy atom. The summed E-state index contributed by atoms with van der Waals surface area (Å²) in [6.45, 7) is 5.65. The van der Waals surface area contributed by atoms with Crippen molar-refractivity contribution in [3.63, 3.8) is 0 Å². The largest absolute Gasteiger partial charge is 0.444 e. The average Bonchev–Trinajstić information content (AvgIpc) is 2.36. The van der Waals surface area contributed by atoms with Crippen molar-refractivity contribution in [2.24, 2.45) is 0 Å². The van der Waals surface area contributed by atoms with Crippen molar-refractivity contribution in [1.82, 2.24) is 5.32 Å². The van der Waals surface area contributed by atoms with Crippen molar-refractivity contribution in [3.05, 3.63) is 35.1 Å². The number of carbonyl (C=O) groups excluding carboxylic acids is 1. The molecular weight excluding hydrogens is 271 g/mol. The van der Waals surface area contributed by atoms with Crippen LogP contribution >= 0.6 is 0 Å². The molecule has 0 bridgehead atoms. The summed E-state index contributed by atoms with van der Waals surface area (Å²) >= 11 is 0. The minimum atomic E-state index is -0.543. The van der Waals surface area contributed by atoms with Crippen LogP contribution in [0.15, 0.2) is 18.2 Å². The molecule has 1 aromatic carbocycles. The normalized spacial score (nSPS) is 10.0. The van der Waals surface area contributed by atoms with Crippen LogP contribution in [-0.2, 0) is 4.74 Å². The number of nitriles is 1. The molecule has 0 saturated heterocycles. The average molecular weight is 288 g/mol. The number of hydrogen-bond acceptors (Lipinski definition) is 3. The Morgan fingerprint density at radius 2 is 2.10 bits per heavy atom. The van der Waals surface area contributed by atoms with E-state index < -0.39 is 17.5 Å². The van der Waals surface area contributed by atoms with E-state index in [2.05, 4.69) is 17.2 Å². The van der Waals surface area contributed by atoms with Crippen LogP contribution in [0.1, 0.15) is 38.3 Å². The fraction of sp³-hybridized carbons (Fsp3) is 0.375. The first-order valence-corrected chi connectivity index (χ1v) is 6.47. The van der Waals surface area contributed by atoms with Gasteiger partial charge < -0.3 is 10.1 Å². The molecule has 4 nitrogen and oxygen atoms in total. The number of nitrogens with one attached hydrogen (secondary N) is 1. The first-order valence-electron chi connectivity index (χ1n) is 6.47. The summed E-state index contributed by atoms with van der Waals surface area (Å²) < 4.78 is 18.1. The van der Waals surface area contributed by atoms with Crippen LogP contribution in [0.4, 0.5) is 9.18 Å². The standard InChI is InChI=1S/C16H17FN2O2/c1-16(2,3)21-15(20)19-9-5-4-6-12-10-14(17)8-7-13(12)11-18/h7-8,10H,5,9H2,1-3H3,(H,19,20). The predicted molar refractivity (Wildman–Crippen MR) is 76.8 cm³/mol. The Hall–Kier alpha value is -2.53. The van der Waals surface area contributed by atoms with Crippen molar-refractivity contribution >= 4 is 6.09 Å². The third-order valence-corrected chi connectivity index (χ3v) is 2.24. The van der Waals surface area contributed by atoms with Crippen LogP contribution in [0.5, 0.6) is 0 Å². The third kappa shape index (κ3) is 6.44. The topological polar surface area (TPSA) is 62.1 Å². The molecule has 0 atom stereocenters. The van der Waals surface area contributed by atoms with Gasteiger partial charge in [-0.1, -0.05) is 11.8 Å². The predicted octanol–water partition coefficient (Wildman–Crippen LogP) is 2.96. The summed E-state index contributed by atoms with van der Waals surface area (Å²) in [5.74, 6) is 5.07. The maximum absolute atomic E-state index is 13.1. The number of carbonyl (C=O) groups is 1. The lowest BCUT2D eigenvalue weighted by molar-refractivity contribution is 0.0529. The van der Waals surface area contributed by atoms with Gasteiger partial charge in [-0.15, -0.1) is 0 Å². The lowest BCUT2D eigenvalue weighted by atomic mass is 10.1. The number of amides is 1. The van der Waals surface area contributed by atoms with Gasteiger partial charge in [0.25, 0.3) is 0 Å². The summed E-state index contributed by atoms with van der Waals surface area (Å²) in [6, 6.07) is 5.77. The molecule has 0 fully saturated rings. The molecule has 0 radical (unpaired) electrons. The van der Waals surface area contributed by atoms with Crippen molar-refractivity contribution in [2.45, 2.75) is 32.8 Å². The molecule has 1 N–H and O–H groups in total. The molecule has 0 heterocycles. The van der Waals surface area contributed by atoms with Gasteiger partial charge in [0.05, 0.1) is 5.56 Å². The second-order valence-electron chi connectivity index (χ2n) is 5.28. The number of halogens is 1. The van der Waals surface area contributed by atoms with E-state index >= 15 is 0 Å². The van der Waals surface area contributed by atoms with Crippen LogP contribution in [0.3, 0.4) is 0 Å². The number of nitrogens with zero attached hydrogens (tertiary/aromatic N) is 1. The first-order chi connectivity index (χ1) is 9.81. The van der Waals surface area contributed by atoms with Gasteiger partial charge in [0, 0.05) is 18.5 Å². The summed E-state index contributed by atoms with van der Waals surface area (Å²) in [6.07, 6.45) is -0.131. The minimum absolute atomic E-state index is 0.319. The van der Waals surface area contributed by atoms with Gasteiger partial charge in [0.1, 0.15) is 17.5 Å². The van der Waals surface area contributed by atoms with Crippen LogP contribution in [-0.4, -0.2) is 18.2 Å². The zero-order chi connectivity index (χ0) is 15.9. The van der Waals surface area contributed by atoms with E-state index in [-0.39, 0.29) is 0 Å². The molecular formula is C16H17FN2O2. The zero-order valence-electron chi connectivity index (χ0n) is 12.3. The highest BCUT2D eigenvalue weighted by Gasteiger charge is 2.15. The molecule has 0 saturated carbocycles. The number of ether oxygens (including phenoxy) is 1. The van der Waals surface area contributed by atoms with Crippen molar-refractivity contribution in [2.75, 3.05) is 6.54 Å². The Labute approximate surface area is 123 Å². The lowest BCUT2D eigenvalue weighted by Crippen LogP contribution is -2.32. The Kier molecular flexibility index (Phi) is 5.75. The van der Waals surface area contributed by atoms with E-state index in [0.29, 0.717) is 24.1 Å². The van der Waals surface area contributed by atoms with E-state index in [1.165, 1.54) is 18.2 Å². The maximum atomic E-state index is 13.1. The fourth-order valence-electron chi connectivity index (χ4n) is 1.42. The molecule has 0 spiro atoms. The third-order valence-electron chi connectivity index (χ3n) is 2.24. The van der Waals surface area contributed by atoms with E-state index in [1.54, 1.807) is 20.8 Å². The highest BCUT2D eigenvalue weighted by Crippen LogP contribution is 2.09. The van der Waals surface area contributed by atoms with E-state index in [0.717, 1.165) is 0 Å². The van der Waals surface area contributed by atoms with Crippen molar-refractivity contribution in [1.29, 1.82) is 5.26 Å². The summed E-state index contributed by atoms with van der Waals surface area (Å²) in [7, 11) is 0. The number of rotatable bonds is 2. The van der Waals surface area contributed by atoms with Crippen molar-refractivity contribution in [3.8, 4) is 17.9 Å². The van der Waals surface area contributed by atoms with E-state index in [1.807, 2.05) is 6.07 Å². The highest BCUT2D eigenvalue weighted by molar-refractivity contribution is 5.67. The highest BCUT2D eigenvalue weighted by atomic mass is 19.1.